The zero-order chi connectivity index (χ0) is 17.4. The lowest BCUT2D eigenvalue weighted by molar-refractivity contribution is -0.121. The van der Waals surface area contributed by atoms with Crippen LogP contribution in [0.2, 0.25) is 0 Å². The van der Waals surface area contributed by atoms with Gasteiger partial charge in [0.25, 0.3) is 5.91 Å². The first-order valence-corrected chi connectivity index (χ1v) is 8.37. The highest BCUT2D eigenvalue weighted by Crippen LogP contribution is 2.14. The lowest BCUT2D eigenvalue weighted by Crippen LogP contribution is -2.41. The van der Waals surface area contributed by atoms with Crippen LogP contribution >= 0.6 is 11.3 Å². The number of nitrogens with one attached hydrogen (secondary N) is 2. The van der Waals surface area contributed by atoms with Gasteiger partial charge in [-0.2, -0.15) is 0 Å². The third kappa shape index (κ3) is 5.20. The summed E-state index contributed by atoms with van der Waals surface area (Å²) < 4.78 is 5.31. The van der Waals surface area contributed by atoms with Gasteiger partial charge >= 0.3 is 0 Å². The average Bonchev–Trinajstić information content (AvgIpc) is 3.13. The van der Waals surface area contributed by atoms with E-state index in [4.69, 9.17) is 4.74 Å². The molecule has 1 aromatic heterocycles. The Bertz CT molecular complexity index is 696. The lowest BCUT2D eigenvalue weighted by Gasteiger charge is -2.06. The molecule has 24 heavy (non-hydrogen) atoms. The number of carbonyl (C=O) groups excluding carboxylic acids is 3. The summed E-state index contributed by atoms with van der Waals surface area (Å²) in [5.41, 5.74) is 5.14. The first-order valence-electron chi connectivity index (χ1n) is 7.49. The smallest absolute Gasteiger partial charge is 0.279 e. The lowest BCUT2D eigenvalue weighted by atomic mass is 10.1. The third-order valence-corrected chi connectivity index (χ3v) is 4.00. The van der Waals surface area contributed by atoms with Crippen molar-refractivity contribution in [3.05, 3.63) is 52.2 Å². The number of carbonyl (C=O) groups is 3. The highest BCUT2D eigenvalue weighted by Gasteiger charge is 2.11. The van der Waals surface area contributed by atoms with Crippen molar-refractivity contribution in [2.45, 2.75) is 19.8 Å². The van der Waals surface area contributed by atoms with Gasteiger partial charge in [-0.05, 0) is 42.6 Å². The molecule has 1 aromatic carbocycles. The van der Waals surface area contributed by atoms with E-state index >= 15 is 0 Å². The number of hydrazine groups is 1. The molecule has 2 rings (SSSR count). The van der Waals surface area contributed by atoms with E-state index in [2.05, 4.69) is 10.9 Å². The van der Waals surface area contributed by atoms with Crippen molar-refractivity contribution < 1.29 is 19.1 Å². The van der Waals surface area contributed by atoms with Gasteiger partial charge in [-0.15, -0.1) is 11.3 Å². The quantitative estimate of drug-likeness (QED) is 0.596. The summed E-state index contributed by atoms with van der Waals surface area (Å²) in [6.07, 6.45) is 0.0610. The van der Waals surface area contributed by atoms with Crippen molar-refractivity contribution in [2.24, 2.45) is 0 Å². The second kappa shape index (κ2) is 8.83. The van der Waals surface area contributed by atoms with Gasteiger partial charge in [0.1, 0.15) is 5.75 Å². The second-order valence-electron chi connectivity index (χ2n) is 4.86. The van der Waals surface area contributed by atoms with Gasteiger partial charge in [0, 0.05) is 18.4 Å². The molecule has 0 saturated carbocycles. The Morgan fingerprint density at radius 1 is 1.04 bits per heavy atom. The van der Waals surface area contributed by atoms with Crippen LogP contribution in [-0.4, -0.2) is 24.2 Å². The van der Waals surface area contributed by atoms with E-state index in [-0.39, 0.29) is 24.5 Å². The number of rotatable bonds is 7. The van der Waals surface area contributed by atoms with Gasteiger partial charge in [0.05, 0.1) is 11.5 Å². The van der Waals surface area contributed by atoms with Crippen molar-refractivity contribution >= 4 is 28.9 Å². The maximum Gasteiger partial charge on any atom is 0.279 e. The molecule has 2 N–H and O–H groups in total. The number of thiophene rings is 1. The van der Waals surface area contributed by atoms with E-state index in [1.165, 1.54) is 11.3 Å². The van der Waals surface area contributed by atoms with Gasteiger partial charge in [0.2, 0.25) is 5.91 Å². The molecule has 1 heterocycles. The first-order chi connectivity index (χ1) is 11.6. The van der Waals surface area contributed by atoms with Gasteiger partial charge in [-0.3, -0.25) is 25.2 Å². The molecule has 126 valence electrons. The standard InChI is InChI=1S/C17H18N2O4S/c1-2-23-13-7-5-12(6-8-13)14(20)9-10-16(21)18-19-17(22)15-4-3-11-24-15/h3-8,11H,2,9-10H2,1H3,(H,18,21)(H,19,22). The number of benzene rings is 1. The summed E-state index contributed by atoms with van der Waals surface area (Å²) in [4.78, 5) is 35.9. The summed E-state index contributed by atoms with van der Waals surface area (Å²) in [5, 5.41) is 1.77. The van der Waals surface area contributed by atoms with E-state index in [1.807, 2.05) is 6.92 Å². The largest absolute Gasteiger partial charge is 0.494 e. The Morgan fingerprint density at radius 2 is 1.79 bits per heavy atom. The van der Waals surface area contributed by atoms with E-state index in [9.17, 15) is 14.4 Å². The molecular formula is C17H18N2O4S. The number of Topliss-reactive ketones (excluding diaryl/α,β-unsaturated/α-hetero) is 1. The zero-order valence-electron chi connectivity index (χ0n) is 13.2. The summed E-state index contributed by atoms with van der Waals surface area (Å²) in [6, 6.07) is 10.2. The molecule has 2 aromatic rings. The number of ketones is 1. The van der Waals surface area contributed by atoms with Crippen molar-refractivity contribution in [3.63, 3.8) is 0 Å². The van der Waals surface area contributed by atoms with Crippen molar-refractivity contribution in [1.29, 1.82) is 0 Å². The molecule has 0 bridgehead atoms. The van der Waals surface area contributed by atoms with Crippen LogP contribution in [-0.2, 0) is 4.79 Å². The Balaban J connectivity index is 1.74. The zero-order valence-corrected chi connectivity index (χ0v) is 14.0. The first kappa shape index (κ1) is 17.7. The molecule has 0 radical (unpaired) electrons. The minimum absolute atomic E-state index is 0.00321. The maximum atomic E-state index is 12.0. The van der Waals surface area contributed by atoms with Crippen LogP contribution in [0.4, 0.5) is 0 Å². The Morgan fingerprint density at radius 3 is 2.42 bits per heavy atom. The fourth-order valence-corrected chi connectivity index (χ4v) is 2.55. The van der Waals surface area contributed by atoms with E-state index in [0.717, 1.165) is 0 Å². The van der Waals surface area contributed by atoms with Crippen molar-refractivity contribution in [3.8, 4) is 5.75 Å². The Kier molecular flexibility index (Phi) is 6.51. The summed E-state index contributed by atoms with van der Waals surface area (Å²) in [7, 11) is 0. The SMILES string of the molecule is CCOc1ccc(C(=O)CCC(=O)NNC(=O)c2cccs2)cc1. The topological polar surface area (TPSA) is 84.5 Å². The second-order valence-corrected chi connectivity index (χ2v) is 5.81. The van der Waals surface area contributed by atoms with E-state index in [1.54, 1.807) is 41.8 Å². The minimum Gasteiger partial charge on any atom is -0.494 e. The van der Waals surface area contributed by atoms with Gasteiger partial charge in [-0.25, -0.2) is 0 Å². The molecule has 0 atom stereocenters. The molecule has 7 heteroatoms. The van der Waals surface area contributed by atoms with Gasteiger partial charge < -0.3 is 4.74 Å². The third-order valence-electron chi connectivity index (χ3n) is 3.13. The Labute approximate surface area is 143 Å². The molecule has 0 saturated heterocycles. The number of hydrogen-bond acceptors (Lipinski definition) is 5. The highest BCUT2D eigenvalue weighted by atomic mass is 32.1. The van der Waals surface area contributed by atoms with Crippen LogP contribution in [0.5, 0.6) is 5.75 Å². The summed E-state index contributed by atoms with van der Waals surface area (Å²) in [6.45, 7) is 2.44. The van der Waals surface area contributed by atoms with Crippen LogP contribution in [0.25, 0.3) is 0 Å². The monoisotopic (exact) mass is 346 g/mol. The molecule has 0 fully saturated rings. The predicted octanol–water partition coefficient (Wildman–Crippen LogP) is 2.57. The van der Waals surface area contributed by atoms with Crippen molar-refractivity contribution in [1.82, 2.24) is 10.9 Å². The van der Waals surface area contributed by atoms with Crippen molar-refractivity contribution in [2.75, 3.05) is 6.61 Å². The molecule has 0 aliphatic heterocycles. The van der Waals surface area contributed by atoms with Crippen LogP contribution in [0.3, 0.4) is 0 Å². The van der Waals surface area contributed by atoms with Gasteiger partial charge in [-0.1, -0.05) is 6.07 Å². The molecular weight excluding hydrogens is 328 g/mol. The van der Waals surface area contributed by atoms with Crippen LogP contribution in [0.1, 0.15) is 39.8 Å². The molecule has 0 unspecified atom stereocenters. The maximum absolute atomic E-state index is 12.0. The molecule has 0 spiro atoms. The Hall–Kier alpha value is -2.67. The van der Waals surface area contributed by atoms with Gasteiger partial charge in [0.15, 0.2) is 5.78 Å². The molecule has 2 amide bonds. The van der Waals surface area contributed by atoms with Crippen LogP contribution in [0.15, 0.2) is 41.8 Å². The average molecular weight is 346 g/mol. The summed E-state index contributed by atoms with van der Waals surface area (Å²) >= 11 is 1.28. The van der Waals surface area contributed by atoms with Crippen LogP contribution < -0.4 is 15.6 Å². The minimum atomic E-state index is -0.417. The molecule has 0 aliphatic rings. The normalized spacial score (nSPS) is 10.0. The fraction of sp³-hybridized carbons (Fsp3) is 0.235. The van der Waals surface area contributed by atoms with E-state index in [0.29, 0.717) is 22.8 Å². The highest BCUT2D eigenvalue weighted by molar-refractivity contribution is 7.12. The predicted molar refractivity (Wildman–Crippen MR) is 91.1 cm³/mol. The van der Waals surface area contributed by atoms with E-state index < -0.39 is 5.91 Å². The number of hydrogen-bond donors (Lipinski definition) is 2. The molecule has 6 nitrogen and oxygen atoms in total. The van der Waals surface area contributed by atoms with Crippen LogP contribution in [0, 0.1) is 0 Å². The molecule has 0 aliphatic carbocycles. The fourth-order valence-electron chi connectivity index (χ4n) is 1.93. The summed E-state index contributed by atoms with van der Waals surface area (Å²) in [5.74, 6) is -0.240. The number of ether oxygens (including phenoxy) is 1. The number of amides is 2.